The summed E-state index contributed by atoms with van der Waals surface area (Å²) < 4.78 is 43.1. The van der Waals surface area contributed by atoms with Gasteiger partial charge in [0.1, 0.15) is 35.0 Å². The smallest absolute Gasteiger partial charge is 0.330 e. The Morgan fingerprint density at radius 1 is 0.946 bits per heavy atom. The van der Waals surface area contributed by atoms with Gasteiger partial charge in [0.25, 0.3) is 14.1 Å². The number of aromatic amines is 1. The molecule has 1 aromatic heterocycles. The van der Waals surface area contributed by atoms with Gasteiger partial charge >= 0.3 is 5.69 Å². The Morgan fingerprint density at radius 2 is 1.52 bits per heavy atom. The number of hydrogen-bond acceptors (Lipinski definition) is 10. The molecule has 2 heterocycles. The number of nitriles is 1. The van der Waals surface area contributed by atoms with Crippen LogP contribution in [0.3, 0.4) is 0 Å². The van der Waals surface area contributed by atoms with Crippen LogP contribution in [-0.2, 0) is 24.1 Å². The van der Waals surface area contributed by atoms with Crippen molar-refractivity contribution in [3.8, 4) is 17.6 Å². The van der Waals surface area contributed by atoms with Crippen molar-refractivity contribution in [3.63, 3.8) is 0 Å². The summed E-state index contributed by atoms with van der Waals surface area (Å²) in [5.74, 6) is 1.11. The summed E-state index contributed by atoms with van der Waals surface area (Å²) in [6.07, 6.45) is 0.964. The molecule has 298 valence electrons. The van der Waals surface area contributed by atoms with Crippen LogP contribution in [-0.4, -0.2) is 65.4 Å². The first-order valence-corrected chi connectivity index (χ1v) is 20.3. The lowest BCUT2D eigenvalue weighted by molar-refractivity contribution is -0.174. The van der Waals surface area contributed by atoms with Crippen molar-refractivity contribution < 1.29 is 28.0 Å². The fourth-order valence-corrected chi connectivity index (χ4v) is 10.2. The lowest BCUT2D eigenvalue weighted by atomic mass is 9.79. The maximum Gasteiger partial charge on any atom is 0.330 e. The number of ether oxygens (including phenoxy) is 4. The van der Waals surface area contributed by atoms with Gasteiger partial charge in [0.05, 0.1) is 39.9 Å². The van der Waals surface area contributed by atoms with Crippen LogP contribution in [0.4, 0.5) is 0 Å². The fraction of sp³-hybridized carbons (Fsp3) is 0.465. The van der Waals surface area contributed by atoms with Crippen molar-refractivity contribution in [2.45, 2.75) is 90.0 Å². The van der Waals surface area contributed by atoms with E-state index in [0.29, 0.717) is 23.5 Å². The van der Waals surface area contributed by atoms with E-state index in [2.05, 4.69) is 50.3 Å². The first-order chi connectivity index (χ1) is 26.9. The van der Waals surface area contributed by atoms with Crippen LogP contribution >= 0.6 is 8.53 Å². The largest absolute Gasteiger partial charge is 0.497 e. The highest BCUT2D eigenvalue weighted by molar-refractivity contribution is 7.44. The van der Waals surface area contributed by atoms with E-state index in [1.807, 2.05) is 78.9 Å². The average molecular weight is 785 g/mol. The molecule has 6 rings (SSSR count). The Bertz CT molecular complexity index is 2030. The van der Waals surface area contributed by atoms with Gasteiger partial charge in [-0.15, -0.1) is 0 Å². The first kappa shape index (κ1) is 41.3. The maximum atomic E-state index is 13.5. The summed E-state index contributed by atoms with van der Waals surface area (Å²) in [4.78, 5) is 28.5. The van der Waals surface area contributed by atoms with Gasteiger partial charge in [-0.25, -0.2) is 9.46 Å². The van der Waals surface area contributed by atoms with Crippen LogP contribution in [0.25, 0.3) is 0 Å². The predicted octanol–water partition coefficient (Wildman–Crippen LogP) is 7.46. The standard InChI is InChI=1S/C43H53N4O8P/c1-28(2)47(29(3)4)56(53-24-12-23-44)55-38-37-30(5)25-42(38,54-40(37)46-26-31(6)39(48)45-41(46)49)27-52-43(32-13-10-9-11-14-32,33-15-19-35(50-7)20-16-33)34-17-21-36(51-8)22-18-34/h9-11,13-22,26,28-30,37-38,40H,12,24-25,27H2,1-8H3,(H,45,48,49)/t30?,37?,38-,40-,42-,56?/m1/s1. The Hall–Kier alpha value is -4.34. The molecule has 0 amide bonds. The van der Waals surface area contributed by atoms with E-state index in [1.54, 1.807) is 27.3 Å². The maximum absolute atomic E-state index is 13.5. The van der Waals surface area contributed by atoms with Gasteiger partial charge in [0.15, 0.2) is 0 Å². The molecule has 1 aliphatic carbocycles. The van der Waals surface area contributed by atoms with Crippen LogP contribution in [0.2, 0.25) is 0 Å². The minimum atomic E-state index is -1.70. The number of methoxy groups -OCH3 is 2. The number of H-pyrrole nitrogens is 1. The van der Waals surface area contributed by atoms with Gasteiger partial charge < -0.3 is 28.0 Å². The molecule has 2 fully saturated rings. The van der Waals surface area contributed by atoms with Crippen LogP contribution in [0.1, 0.15) is 75.9 Å². The zero-order valence-electron chi connectivity index (χ0n) is 33.4. The molecule has 13 heteroatoms. The first-order valence-electron chi connectivity index (χ1n) is 19.1. The van der Waals surface area contributed by atoms with Gasteiger partial charge in [0, 0.05) is 29.8 Å². The highest BCUT2D eigenvalue weighted by Gasteiger charge is 2.66. The van der Waals surface area contributed by atoms with Gasteiger partial charge in [0.2, 0.25) is 0 Å². The van der Waals surface area contributed by atoms with Crippen molar-refractivity contribution >= 4 is 8.53 Å². The molecule has 12 nitrogen and oxygen atoms in total. The Balaban J connectivity index is 1.52. The molecule has 3 aromatic carbocycles. The normalized spacial score (nSPS) is 22.5. The lowest BCUT2D eigenvalue weighted by Crippen LogP contribution is -2.47. The van der Waals surface area contributed by atoms with Crippen molar-refractivity contribution in [2.24, 2.45) is 11.8 Å². The number of nitrogens with one attached hydrogen (secondary N) is 1. The summed E-state index contributed by atoms with van der Waals surface area (Å²) in [7, 11) is 1.57. The summed E-state index contributed by atoms with van der Waals surface area (Å²) in [6.45, 7) is 12.4. The van der Waals surface area contributed by atoms with E-state index in [1.165, 1.54) is 4.57 Å². The minimum Gasteiger partial charge on any atom is -0.497 e. The van der Waals surface area contributed by atoms with Crippen molar-refractivity contribution in [1.29, 1.82) is 5.26 Å². The monoisotopic (exact) mass is 784 g/mol. The number of fused-ring (bicyclic) bond motifs is 2. The number of aryl methyl sites for hydroxylation is 1. The molecule has 1 N–H and O–H groups in total. The van der Waals surface area contributed by atoms with Crippen molar-refractivity contribution in [3.05, 3.63) is 128 Å². The quantitative estimate of drug-likeness (QED) is 0.0653. The Kier molecular flexibility index (Phi) is 12.9. The second-order valence-corrected chi connectivity index (χ2v) is 16.6. The molecule has 6 atom stereocenters. The van der Waals surface area contributed by atoms with E-state index in [9.17, 15) is 14.9 Å². The number of aromatic nitrogens is 2. The second-order valence-electron chi connectivity index (χ2n) is 15.2. The van der Waals surface area contributed by atoms with E-state index < -0.39 is 43.3 Å². The molecule has 2 aliphatic rings. The van der Waals surface area contributed by atoms with E-state index in [4.69, 9.17) is 28.0 Å². The van der Waals surface area contributed by atoms with E-state index in [0.717, 1.165) is 16.7 Å². The number of benzene rings is 3. The summed E-state index contributed by atoms with van der Waals surface area (Å²) in [5.41, 5.74) is -0.225. The predicted molar refractivity (Wildman–Crippen MR) is 215 cm³/mol. The zero-order chi connectivity index (χ0) is 40.2. The van der Waals surface area contributed by atoms with Crippen LogP contribution < -0.4 is 20.7 Å². The molecule has 56 heavy (non-hydrogen) atoms. The van der Waals surface area contributed by atoms with Gasteiger partial charge in [-0.2, -0.15) is 5.26 Å². The molecular formula is C43H53N4O8P. The van der Waals surface area contributed by atoms with Gasteiger partial charge in [-0.05, 0) is 87.9 Å². The topological polar surface area (TPSA) is 137 Å². The minimum absolute atomic E-state index is 0.0112. The molecule has 0 spiro atoms. The number of hydrogen-bond donors (Lipinski definition) is 1. The average Bonchev–Trinajstić information content (AvgIpc) is 3.64. The lowest BCUT2D eigenvalue weighted by Gasteiger charge is -2.42. The highest BCUT2D eigenvalue weighted by atomic mass is 31.2. The fourth-order valence-electron chi connectivity index (χ4n) is 8.37. The third kappa shape index (κ3) is 7.94. The summed E-state index contributed by atoms with van der Waals surface area (Å²) in [6, 6.07) is 28.1. The number of rotatable bonds is 17. The van der Waals surface area contributed by atoms with E-state index >= 15 is 0 Å². The molecule has 1 saturated carbocycles. The Morgan fingerprint density at radius 3 is 2.05 bits per heavy atom. The van der Waals surface area contributed by atoms with Crippen LogP contribution in [0, 0.1) is 30.1 Å². The molecular weight excluding hydrogens is 731 g/mol. The molecule has 1 aliphatic heterocycles. The van der Waals surface area contributed by atoms with Crippen molar-refractivity contribution in [1.82, 2.24) is 14.2 Å². The number of nitrogens with zero attached hydrogens (tertiary/aromatic N) is 3. The Labute approximate surface area is 330 Å². The van der Waals surface area contributed by atoms with Crippen LogP contribution in [0.5, 0.6) is 11.5 Å². The van der Waals surface area contributed by atoms with E-state index in [-0.39, 0.29) is 43.6 Å². The van der Waals surface area contributed by atoms with Crippen molar-refractivity contribution in [2.75, 3.05) is 27.4 Å². The third-order valence-electron chi connectivity index (χ3n) is 10.9. The summed E-state index contributed by atoms with van der Waals surface area (Å²) in [5, 5.41) is 9.42. The molecule has 0 radical (unpaired) electrons. The second kappa shape index (κ2) is 17.4. The zero-order valence-corrected chi connectivity index (χ0v) is 34.3. The van der Waals surface area contributed by atoms with Crippen LogP contribution in [0.15, 0.2) is 94.6 Å². The highest BCUT2D eigenvalue weighted by Crippen LogP contribution is 2.62. The summed E-state index contributed by atoms with van der Waals surface area (Å²) >= 11 is 0. The SMILES string of the molecule is COc1ccc(C(OC[C@@]23CC(C)C([C@H](n4cc(C)c(=O)[nH]c4=O)O2)[C@H]3OP(OCCC#N)N(C(C)C)C(C)C)(c2ccccc2)c2ccc(OC)cc2)cc1. The molecule has 3 unspecified atom stereocenters. The molecule has 1 saturated heterocycles. The third-order valence-corrected chi connectivity index (χ3v) is 13.0. The van der Waals surface area contributed by atoms with Gasteiger partial charge in [-0.1, -0.05) is 61.5 Å². The molecule has 4 aromatic rings. The molecule has 2 bridgehead atoms. The van der Waals surface area contributed by atoms with Gasteiger partial charge in [-0.3, -0.25) is 14.3 Å².